The van der Waals surface area contributed by atoms with Gasteiger partial charge in [-0.1, -0.05) is 0 Å². The van der Waals surface area contributed by atoms with E-state index in [0.717, 1.165) is 12.8 Å². The Labute approximate surface area is 104 Å². The first-order valence-electron chi connectivity index (χ1n) is 6.08. The van der Waals surface area contributed by atoms with Gasteiger partial charge in [-0.3, -0.25) is 9.59 Å². The Balaban J connectivity index is 1.98. The van der Waals surface area contributed by atoms with Crippen molar-refractivity contribution in [1.29, 1.82) is 0 Å². The maximum Gasteiger partial charge on any atom is 0.435 e. The molecule has 18 heavy (non-hydrogen) atoms. The van der Waals surface area contributed by atoms with Crippen LogP contribution in [0.4, 0.5) is 4.79 Å². The van der Waals surface area contributed by atoms with Gasteiger partial charge < -0.3 is 14.8 Å². The highest BCUT2D eigenvalue weighted by Crippen LogP contribution is 2.19. The maximum absolute atomic E-state index is 11.9. The van der Waals surface area contributed by atoms with Gasteiger partial charge in [0, 0.05) is 19.4 Å². The van der Waals surface area contributed by atoms with Gasteiger partial charge in [-0.05, 0) is 19.3 Å². The molecule has 3 amide bonds. The van der Waals surface area contributed by atoms with Gasteiger partial charge in [0.25, 0.3) is 11.8 Å². The number of amides is 3. The van der Waals surface area contributed by atoms with E-state index in [9.17, 15) is 19.5 Å². The van der Waals surface area contributed by atoms with Gasteiger partial charge in [0.2, 0.25) is 0 Å². The van der Waals surface area contributed by atoms with Gasteiger partial charge in [0.05, 0.1) is 12.6 Å². The van der Waals surface area contributed by atoms with Crippen LogP contribution in [0.1, 0.15) is 32.1 Å². The van der Waals surface area contributed by atoms with Crippen molar-refractivity contribution in [1.82, 2.24) is 9.96 Å². The normalized spacial score (nSPS) is 24.6. The van der Waals surface area contributed by atoms with E-state index in [1.165, 1.54) is 4.90 Å². The van der Waals surface area contributed by atoms with E-state index >= 15 is 0 Å². The average Bonchev–Trinajstić information content (AvgIpc) is 2.70. The molecule has 1 atom stereocenters. The summed E-state index contributed by atoms with van der Waals surface area (Å²) in [6, 6.07) is -0.293. The Kier molecular flexibility index (Phi) is 3.81. The number of hydrogen-bond acceptors (Lipinski definition) is 5. The maximum atomic E-state index is 11.9. The third kappa shape index (κ3) is 2.45. The summed E-state index contributed by atoms with van der Waals surface area (Å²) in [6.45, 7) is 0.331. The molecule has 2 fully saturated rings. The zero-order valence-corrected chi connectivity index (χ0v) is 10.0. The number of carbonyl (C=O) groups excluding carboxylic acids is 3. The second kappa shape index (κ2) is 5.34. The smallest absolute Gasteiger partial charge is 0.394 e. The number of aliphatic hydroxyl groups is 1. The minimum atomic E-state index is -0.739. The summed E-state index contributed by atoms with van der Waals surface area (Å²) in [5.74, 6) is -0.989. The Morgan fingerprint density at radius 3 is 2.56 bits per heavy atom. The lowest BCUT2D eigenvalue weighted by Crippen LogP contribution is -2.48. The second-order valence-electron chi connectivity index (χ2n) is 4.46. The first-order chi connectivity index (χ1) is 8.63. The number of hydroxylamine groups is 2. The lowest BCUT2D eigenvalue weighted by molar-refractivity contribution is -0.174. The second-order valence-corrected chi connectivity index (χ2v) is 4.46. The van der Waals surface area contributed by atoms with Gasteiger partial charge in [-0.15, -0.1) is 5.06 Å². The highest BCUT2D eigenvalue weighted by molar-refractivity contribution is 6.01. The highest BCUT2D eigenvalue weighted by Gasteiger charge is 2.36. The number of nitrogens with zero attached hydrogens (tertiary/aromatic N) is 2. The molecule has 2 saturated heterocycles. The van der Waals surface area contributed by atoms with Crippen LogP contribution in [0.2, 0.25) is 0 Å². The molecule has 0 aromatic rings. The molecule has 0 aliphatic carbocycles. The Morgan fingerprint density at radius 2 is 1.94 bits per heavy atom. The van der Waals surface area contributed by atoms with Gasteiger partial charge in [-0.25, -0.2) is 4.79 Å². The number of piperidine rings is 1. The van der Waals surface area contributed by atoms with E-state index in [-0.39, 0.29) is 25.5 Å². The summed E-state index contributed by atoms with van der Waals surface area (Å²) < 4.78 is 0. The third-order valence-electron chi connectivity index (χ3n) is 3.25. The lowest BCUT2D eigenvalue weighted by atomic mass is 10.0. The molecule has 2 aliphatic rings. The van der Waals surface area contributed by atoms with Crippen LogP contribution in [0.15, 0.2) is 0 Å². The quantitative estimate of drug-likeness (QED) is 0.704. The molecule has 0 aromatic heterocycles. The molecule has 1 N–H and O–H groups in total. The van der Waals surface area contributed by atoms with Crippen molar-refractivity contribution in [2.24, 2.45) is 0 Å². The van der Waals surface area contributed by atoms with Crippen LogP contribution in [0.25, 0.3) is 0 Å². The monoisotopic (exact) mass is 256 g/mol. The van der Waals surface area contributed by atoms with Crippen LogP contribution in [-0.2, 0) is 14.4 Å². The molecular weight excluding hydrogens is 240 g/mol. The Hall–Kier alpha value is -1.63. The van der Waals surface area contributed by atoms with Gasteiger partial charge in [-0.2, -0.15) is 0 Å². The van der Waals surface area contributed by atoms with Crippen molar-refractivity contribution in [3.05, 3.63) is 0 Å². The van der Waals surface area contributed by atoms with E-state index in [2.05, 4.69) is 0 Å². The van der Waals surface area contributed by atoms with Crippen LogP contribution in [0, 0.1) is 0 Å². The Morgan fingerprint density at radius 1 is 1.28 bits per heavy atom. The molecule has 2 rings (SSSR count). The molecule has 2 aliphatic heterocycles. The van der Waals surface area contributed by atoms with Crippen molar-refractivity contribution in [3.8, 4) is 0 Å². The molecule has 7 heteroatoms. The SMILES string of the molecule is O=C1CCC(=O)N1OC(=O)N1CCCCC1CO. The molecule has 0 aromatic carbocycles. The van der Waals surface area contributed by atoms with E-state index in [0.29, 0.717) is 18.0 Å². The van der Waals surface area contributed by atoms with E-state index in [1.807, 2.05) is 0 Å². The minimum absolute atomic E-state index is 0.0789. The van der Waals surface area contributed by atoms with Crippen LogP contribution in [-0.4, -0.2) is 52.2 Å². The van der Waals surface area contributed by atoms with E-state index < -0.39 is 17.9 Å². The molecule has 100 valence electrons. The zero-order valence-electron chi connectivity index (χ0n) is 10.0. The number of rotatable bonds is 2. The average molecular weight is 256 g/mol. The summed E-state index contributed by atoms with van der Waals surface area (Å²) >= 11 is 0. The Bertz CT molecular complexity index is 354. The summed E-state index contributed by atoms with van der Waals surface area (Å²) in [7, 11) is 0. The summed E-state index contributed by atoms with van der Waals surface area (Å²) in [5, 5.41) is 9.71. The summed E-state index contributed by atoms with van der Waals surface area (Å²) in [6.07, 6.45) is 1.89. The largest absolute Gasteiger partial charge is 0.435 e. The number of likely N-dealkylation sites (tertiary alicyclic amines) is 1. The molecule has 0 saturated carbocycles. The number of carbonyl (C=O) groups is 3. The summed E-state index contributed by atoms with van der Waals surface area (Å²) in [4.78, 5) is 40.7. The summed E-state index contributed by atoms with van der Waals surface area (Å²) in [5.41, 5.74) is 0. The highest BCUT2D eigenvalue weighted by atomic mass is 16.7. The number of aliphatic hydroxyl groups excluding tert-OH is 1. The van der Waals surface area contributed by atoms with Crippen LogP contribution < -0.4 is 0 Å². The van der Waals surface area contributed by atoms with Crippen LogP contribution in [0.5, 0.6) is 0 Å². The van der Waals surface area contributed by atoms with Crippen molar-refractivity contribution in [3.63, 3.8) is 0 Å². The topological polar surface area (TPSA) is 87.2 Å². The molecule has 0 radical (unpaired) electrons. The fourth-order valence-electron chi connectivity index (χ4n) is 2.22. The molecule has 1 unspecified atom stereocenters. The predicted octanol–water partition coefficient (Wildman–Crippen LogP) is 0.0338. The minimum Gasteiger partial charge on any atom is -0.394 e. The van der Waals surface area contributed by atoms with Gasteiger partial charge in [0.1, 0.15) is 0 Å². The van der Waals surface area contributed by atoms with E-state index in [1.54, 1.807) is 0 Å². The lowest BCUT2D eigenvalue weighted by Gasteiger charge is -2.33. The first-order valence-corrected chi connectivity index (χ1v) is 6.08. The number of imide groups is 1. The first kappa shape index (κ1) is 12.8. The van der Waals surface area contributed by atoms with Crippen LogP contribution >= 0.6 is 0 Å². The number of hydrogen-bond donors (Lipinski definition) is 1. The van der Waals surface area contributed by atoms with E-state index in [4.69, 9.17) is 4.84 Å². The zero-order chi connectivity index (χ0) is 13.1. The fraction of sp³-hybridized carbons (Fsp3) is 0.727. The standard InChI is InChI=1S/C11H16N2O5/c14-7-8-3-1-2-6-12(8)11(17)18-13-9(15)4-5-10(13)16/h8,14H,1-7H2. The molecule has 7 nitrogen and oxygen atoms in total. The molecular formula is C11H16N2O5. The van der Waals surface area contributed by atoms with Gasteiger partial charge >= 0.3 is 6.09 Å². The van der Waals surface area contributed by atoms with Gasteiger partial charge in [0.15, 0.2) is 0 Å². The van der Waals surface area contributed by atoms with Crippen molar-refractivity contribution >= 4 is 17.9 Å². The molecule has 0 spiro atoms. The van der Waals surface area contributed by atoms with Crippen molar-refractivity contribution in [2.45, 2.75) is 38.1 Å². The molecule has 2 heterocycles. The van der Waals surface area contributed by atoms with Crippen molar-refractivity contribution in [2.75, 3.05) is 13.2 Å². The fourth-order valence-corrected chi connectivity index (χ4v) is 2.22. The van der Waals surface area contributed by atoms with Crippen LogP contribution in [0.3, 0.4) is 0 Å². The van der Waals surface area contributed by atoms with Crippen molar-refractivity contribution < 1.29 is 24.3 Å². The third-order valence-corrected chi connectivity index (χ3v) is 3.25. The predicted molar refractivity (Wildman–Crippen MR) is 59.0 cm³/mol. The molecule has 0 bridgehead atoms.